The van der Waals surface area contributed by atoms with Crippen molar-refractivity contribution in [3.8, 4) is 0 Å². The molecule has 14 heavy (non-hydrogen) atoms. The van der Waals surface area contributed by atoms with Crippen molar-refractivity contribution < 1.29 is 25.8 Å². The van der Waals surface area contributed by atoms with E-state index in [0.717, 1.165) is 0 Å². The van der Waals surface area contributed by atoms with Gasteiger partial charge in [-0.25, -0.2) is 4.18 Å². The zero-order valence-corrected chi connectivity index (χ0v) is 7.81. The molecule has 0 aliphatic carbocycles. The predicted octanol–water partition coefficient (Wildman–Crippen LogP) is 1.43. The second-order valence-electron chi connectivity index (χ2n) is 2.71. The summed E-state index contributed by atoms with van der Waals surface area (Å²) in [5.74, 6) is 0. The molecular weight excluding hydrogens is 223 g/mol. The molecule has 1 aliphatic heterocycles. The molecule has 8 heteroatoms. The van der Waals surface area contributed by atoms with E-state index in [-0.39, 0.29) is 6.42 Å². The molecule has 1 rings (SSSR count). The van der Waals surface area contributed by atoms with Crippen molar-refractivity contribution in [3.05, 3.63) is 0 Å². The van der Waals surface area contributed by atoms with Crippen molar-refractivity contribution in [1.82, 2.24) is 0 Å². The van der Waals surface area contributed by atoms with E-state index >= 15 is 0 Å². The Labute approximate surface area is 78.9 Å². The highest BCUT2D eigenvalue weighted by Gasteiger charge is 2.48. The number of nitrogens with zero attached hydrogens (tertiary/aromatic N) is 1. The lowest BCUT2D eigenvalue weighted by molar-refractivity contribution is -0.0574. The largest absolute Gasteiger partial charge is 0.523 e. The summed E-state index contributed by atoms with van der Waals surface area (Å²) in [6.07, 6.45) is 1.52. The van der Waals surface area contributed by atoms with Crippen molar-refractivity contribution >= 4 is 16.3 Å². The molecule has 1 unspecified atom stereocenters. The van der Waals surface area contributed by atoms with Gasteiger partial charge >= 0.3 is 15.6 Å². The van der Waals surface area contributed by atoms with E-state index in [2.05, 4.69) is 9.18 Å². The normalized spacial score (nSPS) is 23.8. The van der Waals surface area contributed by atoms with Crippen LogP contribution in [-0.4, -0.2) is 26.4 Å². The van der Waals surface area contributed by atoms with Gasteiger partial charge in [-0.15, -0.1) is 0 Å². The van der Waals surface area contributed by atoms with Crippen LogP contribution in [0.15, 0.2) is 4.99 Å². The van der Waals surface area contributed by atoms with E-state index in [0.29, 0.717) is 12.8 Å². The van der Waals surface area contributed by atoms with E-state index in [1.165, 1.54) is 6.21 Å². The van der Waals surface area contributed by atoms with Gasteiger partial charge in [-0.3, -0.25) is 4.99 Å². The Kier molecular flexibility index (Phi) is 3.15. The summed E-state index contributed by atoms with van der Waals surface area (Å²) in [7, 11) is -5.51. The Morgan fingerprint density at radius 3 is 2.50 bits per heavy atom. The number of alkyl halides is 3. The molecule has 0 spiro atoms. The average molecular weight is 231 g/mol. The van der Waals surface area contributed by atoms with Gasteiger partial charge in [0.1, 0.15) is 0 Å². The van der Waals surface area contributed by atoms with Crippen LogP contribution in [0.3, 0.4) is 0 Å². The molecule has 0 fully saturated rings. The molecule has 1 aliphatic rings. The monoisotopic (exact) mass is 231 g/mol. The first-order valence-corrected chi connectivity index (χ1v) is 5.25. The van der Waals surface area contributed by atoms with Gasteiger partial charge in [0.25, 0.3) is 0 Å². The van der Waals surface area contributed by atoms with Crippen LogP contribution in [0.4, 0.5) is 13.2 Å². The summed E-state index contributed by atoms with van der Waals surface area (Å²) in [5.41, 5.74) is -5.38. The summed E-state index contributed by atoms with van der Waals surface area (Å²) < 4.78 is 60.4. The Bertz CT molecular complexity index is 322. The smallest absolute Gasteiger partial charge is 0.265 e. The lowest BCUT2D eigenvalue weighted by Gasteiger charge is -2.16. The van der Waals surface area contributed by atoms with Crippen molar-refractivity contribution in [3.63, 3.8) is 0 Å². The minimum atomic E-state index is -5.51. The van der Waals surface area contributed by atoms with E-state index < -0.39 is 21.9 Å². The summed E-state index contributed by atoms with van der Waals surface area (Å²) in [6.45, 7) is 0. The highest BCUT2D eigenvalue weighted by Crippen LogP contribution is 2.27. The van der Waals surface area contributed by atoms with Gasteiger partial charge in [0, 0.05) is 6.21 Å². The van der Waals surface area contributed by atoms with Crippen molar-refractivity contribution in [1.29, 1.82) is 0 Å². The summed E-state index contributed by atoms with van der Waals surface area (Å²) in [5, 5.41) is 0. The van der Waals surface area contributed by atoms with Crippen molar-refractivity contribution in [2.75, 3.05) is 0 Å². The standard InChI is InChI=1S/C6H8F3NO3S/c7-6(8,9)14(11,12)13-5-3-1-2-4-10-5/h4-5H,1-3H2. The number of hydrogen-bond acceptors (Lipinski definition) is 4. The summed E-state index contributed by atoms with van der Waals surface area (Å²) in [4.78, 5) is 3.50. The number of halogens is 3. The highest BCUT2D eigenvalue weighted by molar-refractivity contribution is 7.87. The average Bonchev–Trinajstić information content (AvgIpc) is 2.03. The van der Waals surface area contributed by atoms with Crippen LogP contribution in [0.5, 0.6) is 0 Å². The number of rotatable bonds is 2. The molecule has 82 valence electrons. The molecule has 1 atom stereocenters. The van der Waals surface area contributed by atoms with E-state index in [4.69, 9.17) is 0 Å². The fourth-order valence-corrected chi connectivity index (χ4v) is 1.47. The molecule has 0 saturated carbocycles. The molecular formula is C6H8F3NO3S. The van der Waals surface area contributed by atoms with E-state index in [1.54, 1.807) is 0 Å². The maximum Gasteiger partial charge on any atom is 0.523 e. The first-order chi connectivity index (χ1) is 6.33. The zero-order valence-electron chi connectivity index (χ0n) is 6.99. The Hall–Kier alpha value is -0.630. The minimum Gasteiger partial charge on any atom is -0.265 e. The maximum absolute atomic E-state index is 11.8. The topological polar surface area (TPSA) is 55.7 Å². The van der Waals surface area contributed by atoms with Gasteiger partial charge in [-0.05, 0) is 19.3 Å². The molecule has 1 heterocycles. The quantitative estimate of drug-likeness (QED) is 0.533. The fourth-order valence-electron chi connectivity index (χ4n) is 0.924. The Morgan fingerprint density at radius 1 is 1.43 bits per heavy atom. The first-order valence-electron chi connectivity index (χ1n) is 3.84. The highest BCUT2D eigenvalue weighted by atomic mass is 32.2. The van der Waals surface area contributed by atoms with Gasteiger partial charge in [-0.1, -0.05) is 0 Å². The second-order valence-corrected chi connectivity index (χ2v) is 4.28. The van der Waals surface area contributed by atoms with Crippen LogP contribution < -0.4 is 0 Å². The zero-order chi connectivity index (χ0) is 10.8. The molecule has 0 aromatic carbocycles. The van der Waals surface area contributed by atoms with E-state index in [1.807, 2.05) is 0 Å². The molecule has 0 bridgehead atoms. The first kappa shape index (κ1) is 11.4. The Balaban J connectivity index is 2.68. The molecule has 0 radical (unpaired) electrons. The SMILES string of the molecule is O=S(=O)(OC1CCCC=N1)C(F)(F)F. The molecule has 0 aromatic rings. The molecule has 0 amide bonds. The van der Waals surface area contributed by atoms with Crippen LogP contribution in [0, 0.1) is 0 Å². The molecule has 4 nitrogen and oxygen atoms in total. The van der Waals surface area contributed by atoms with Gasteiger partial charge in [0.15, 0.2) is 6.23 Å². The number of hydrogen-bond donors (Lipinski definition) is 0. The van der Waals surface area contributed by atoms with Crippen LogP contribution in [0.1, 0.15) is 19.3 Å². The van der Waals surface area contributed by atoms with Crippen molar-refractivity contribution in [2.45, 2.75) is 31.0 Å². The summed E-state index contributed by atoms with van der Waals surface area (Å²) >= 11 is 0. The molecule has 0 aromatic heterocycles. The van der Waals surface area contributed by atoms with Crippen LogP contribution in [-0.2, 0) is 14.3 Å². The lowest BCUT2D eigenvalue weighted by Crippen LogP contribution is -2.30. The Morgan fingerprint density at radius 2 is 2.07 bits per heavy atom. The molecule has 0 saturated heterocycles. The van der Waals surface area contributed by atoms with Crippen LogP contribution in [0.25, 0.3) is 0 Å². The van der Waals surface area contributed by atoms with E-state index in [9.17, 15) is 21.6 Å². The second kappa shape index (κ2) is 3.85. The lowest BCUT2D eigenvalue weighted by atomic mass is 10.2. The van der Waals surface area contributed by atoms with Gasteiger partial charge < -0.3 is 0 Å². The third-order valence-electron chi connectivity index (χ3n) is 1.58. The van der Waals surface area contributed by atoms with Gasteiger partial charge in [0.2, 0.25) is 0 Å². The number of aliphatic imine (C=N–C) groups is 1. The van der Waals surface area contributed by atoms with Crippen LogP contribution in [0.2, 0.25) is 0 Å². The fraction of sp³-hybridized carbons (Fsp3) is 0.833. The third-order valence-corrected chi connectivity index (χ3v) is 2.62. The maximum atomic E-state index is 11.8. The predicted molar refractivity (Wildman–Crippen MR) is 42.2 cm³/mol. The van der Waals surface area contributed by atoms with Crippen molar-refractivity contribution in [2.24, 2.45) is 4.99 Å². The van der Waals surface area contributed by atoms with Gasteiger partial charge in [-0.2, -0.15) is 21.6 Å². The third kappa shape index (κ3) is 2.68. The minimum absolute atomic E-state index is 0.186. The molecule has 0 N–H and O–H groups in total. The van der Waals surface area contributed by atoms with Crippen LogP contribution >= 0.6 is 0 Å². The summed E-state index contributed by atoms with van der Waals surface area (Å²) in [6, 6.07) is 0. The van der Waals surface area contributed by atoms with Gasteiger partial charge in [0.05, 0.1) is 0 Å².